The van der Waals surface area contributed by atoms with E-state index in [1.54, 1.807) is 0 Å². The Bertz CT molecular complexity index is 1020. The van der Waals surface area contributed by atoms with Gasteiger partial charge in [-0.2, -0.15) is 0 Å². The van der Waals surface area contributed by atoms with E-state index >= 15 is 0 Å². The first kappa shape index (κ1) is 21.0. The summed E-state index contributed by atoms with van der Waals surface area (Å²) in [6, 6.07) is 13.7. The van der Waals surface area contributed by atoms with E-state index in [9.17, 15) is 4.79 Å². The Morgan fingerprint density at radius 2 is 1.97 bits per heavy atom. The maximum absolute atomic E-state index is 12.5. The standard InChI is InChI=1S/C22H25ClN4O2S/c1-2-9-27-20-8-3-16(23)14-19(20)25-22(27)30-15-21(28)24-17-4-6-18(7-5-17)26-10-12-29-13-11-26/h3-8,14H,2,9-13,15H2,1H3,(H,24,28). The third-order valence-electron chi connectivity index (χ3n) is 4.98. The molecular formula is C22H25ClN4O2S. The first-order chi connectivity index (χ1) is 14.6. The summed E-state index contributed by atoms with van der Waals surface area (Å²) in [7, 11) is 0. The molecule has 158 valence electrons. The molecule has 1 aromatic heterocycles. The third-order valence-corrected chi connectivity index (χ3v) is 6.19. The van der Waals surface area contributed by atoms with Gasteiger partial charge in [0.25, 0.3) is 0 Å². The lowest BCUT2D eigenvalue weighted by atomic mass is 10.2. The molecule has 1 saturated heterocycles. The summed E-state index contributed by atoms with van der Waals surface area (Å²) in [5, 5.41) is 4.48. The molecule has 0 saturated carbocycles. The predicted octanol–water partition coefficient (Wildman–Crippen LogP) is 4.67. The number of thioether (sulfide) groups is 1. The molecule has 0 unspecified atom stereocenters. The third kappa shape index (κ3) is 4.91. The number of nitrogens with one attached hydrogen (secondary N) is 1. The summed E-state index contributed by atoms with van der Waals surface area (Å²) in [6.07, 6.45) is 0.989. The lowest BCUT2D eigenvalue weighted by Gasteiger charge is -2.28. The number of aromatic nitrogens is 2. The quantitative estimate of drug-likeness (QED) is 0.537. The van der Waals surface area contributed by atoms with Crippen molar-refractivity contribution in [2.45, 2.75) is 25.0 Å². The summed E-state index contributed by atoms with van der Waals surface area (Å²) < 4.78 is 7.55. The summed E-state index contributed by atoms with van der Waals surface area (Å²) in [5.74, 6) is 0.249. The zero-order valence-corrected chi connectivity index (χ0v) is 18.5. The molecule has 4 rings (SSSR count). The summed E-state index contributed by atoms with van der Waals surface area (Å²) in [4.78, 5) is 19.5. The number of hydrogen-bond acceptors (Lipinski definition) is 5. The molecule has 1 N–H and O–H groups in total. The summed E-state index contributed by atoms with van der Waals surface area (Å²) in [5.41, 5.74) is 3.85. The second kappa shape index (κ2) is 9.73. The number of carbonyl (C=O) groups excluding carboxylic acids is 1. The number of imidazole rings is 1. The molecule has 0 aliphatic carbocycles. The summed E-state index contributed by atoms with van der Waals surface area (Å²) in [6.45, 7) is 6.28. The Kier molecular flexibility index (Phi) is 6.82. The number of ether oxygens (including phenoxy) is 1. The van der Waals surface area contributed by atoms with Crippen molar-refractivity contribution in [3.8, 4) is 0 Å². The minimum Gasteiger partial charge on any atom is -0.378 e. The van der Waals surface area contributed by atoms with Crippen LogP contribution in [0.25, 0.3) is 11.0 Å². The van der Waals surface area contributed by atoms with Gasteiger partial charge >= 0.3 is 0 Å². The molecule has 2 heterocycles. The Hall–Kier alpha value is -2.22. The average molecular weight is 445 g/mol. The molecule has 30 heavy (non-hydrogen) atoms. The van der Waals surface area contributed by atoms with Gasteiger partial charge < -0.3 is 19.5 Å². The molecule has 0 atom stereocenters. The van der Waals surface area contributed by atoms with Gasteiger partial charge in [-0.3, -0.25) is 4.79 Å². The molecule has 6 nitrogen and oxygen atoms in total. The van der Waals surface area contributed by atoms with Crippen LogP contribution in [0.15, 0.2) is 47.6 Å². The predicted molar refractivity (Wildman–Crippen MR) is 124 cm³/mol. The lowest BCUT2D eigenvalue weighted by Crippen LogP contribution is -2.36. The van der Waals surface area contributed by atoms with Gasteiger partial charge in [0.15, 0.2) is 5.16 Å². The Balaban J connectivity index is 1.38. The van der Waals surface area contributed by atoms with Crippen LogP contribution < -0.4 is 10.2 Å². The average Bonchev–Trinajstić information content (AvgIpc) is 3.10. The van der Waals surface area contributed by atoms with Crippen molar-refractivity contribution in [1.82, 2.24) is 9.55 Å². The first-order valence-corrected chi connectivity index (χ1v) is 11.5. The van der Waals surface area contributed by atoms with Crippen LogP contribution in [0.2, 0.25) is 5.02 Å². The zero-order chi connectivity index (χ0) is 20.9. The van der Waals surface area contributed by atoms with Gasteiger partial charge in [0, 0.05) is 36.0 Å². The summed E-state index contributed by atoms with van der Waals surface area (Å²) >= 11 is 7.55. The van der Waals surface area contributed by atoms with Crippen LogP contribution >= 0.6 is 23.4 Å². The molecule has 1 amide bonds. The molecule has 1 fully saturated rings. The molecule has 1 aliphatic heterocycles. The van der Waals surface area contributed by atoms with E-state index in [0.29, 0.717) is 10.8 Å². The smallest absolute Gasteiger partial charge is 0.234 e. The monoisotopic (exact) mass is 444 g/mol. The maximum Gasteiger partial charge on any atom is 0.234 e. The molecule has 2 aromatic carbocycles. The van der Waals surface area contributed by atoms with Crippen molar-refractivity contribution < 1.29 is 9.53 Å². The molecule has 1 aliphatic rings. The number of hydrogen-bond donors (Lipinski definition) is 1. The van der Waals surface area contributed by atoms with Gasteiger partial charge in [-0.05, 0) is 48.9 Å². The number of benzene rings is 2. The largest absolute Gasteiger partial charge is 0.378 e. The number of morpholine rings is 1. The fraction of sp³-hybridized carbons (Fsp3) is 0.364. The number of aryl methyl sites for hydroxylation is 1. The second-order valence-electron chi connectivity index (χ2n) is 7.16. The topological polar surface area (TPSA) is 59.4 Å². The van der Waals surface area contributed by atoms with Crippen LogP contribution in [-0.2, 0) is 16.1 Å². The lowest BCUT2D eigenvalue weighted by molar-refractivity contribution is -0.113. The number of nitrogens with zero attached hydrogens (tertiary/aromatic N) is 3. The van der Waals surface area contributed by atoms with Crippen LogP contribution in [0.5, 0.6) is 0 Å². The molecular weight excluding hydrogens is 420 g/mol. The van der Waals surface area contributed by atoms with E-state index in [-0.39, 0.29) is 5.91 Å². The van der Waals surface area contributed by atoms with E-state index < -0.39 is 0 Å². The number of amides is 1. The van der Waals surface area contributed by atoms with Crippen LogP contribution in [0, 0.1) is 0 Å². The van der Waals surface area contributed by atoms with Crippen LogP contribution in [0.4, 0.5) is 11.4 Å². The van der Waals surface area contributed by atoms with E-state index in [1.165, 1.54) is 11.8 Å². The number of anilines is 2. The van der Waals surface area contributed by atoms with Crippen molar-refractivity contribution in [2.24, 2.45) is 0 Å². The highest BCUT2D eigenvalue weighted by molar-refractivity contribution is 7.99. The Morgan fingerprint density at radius 3 is 2.70 bits per heavy atom. The first-order valence-electron chi connectivity index (χ1n) is 10.2. The molecule has 0 radical (unpaired) electrons. The normalized spacial score (nSPS) is 14.3. The number of fused-ring (bicyclic) bond motifs is 1. The minimum absolute atomic E-state index is 0.0488. The van der Waals surface area contributed by atoms with E-state index in [1.807, 2.05) is 42.5 Å². The number of rotatable bonds is 7. The fourth-order valence-corrected chi connectivity index (χ4v) is 4.54. The van der Waals surface area contributed by atoms with Crippen LogP contribution in [0.3, 0.4) is 0 Å². The molecule has 8 heteroatoms. The van der Waals surface area contributed by atoms with Crippen molar-refractivity contribution in [1.29, 1.82) is 0 Å². The van der Waals surface area contributed by atoms with Gasteiger partial charge in [0.05, 0.1) is 30.0 Å². The van der Waals surface area contributed by atoms with Crippen LogP contribution in [0.1, 0.15) is 13.3 Å². The number of halogens is 1. The minimum atomic E-state index is -0.0488. The SMILES string of the molecule is CCCn1c(SCC(=O)Nc2ccc(N3CCOCC3)cc2)nc2cc(Cl)ccc21. The number of carbonyl (C=O) groups is 1. The van der Waals surface area contributed by atoms with Crippen molar-refractivity contribution in [2.75, 3.05) is 42.3 Å². The van der Waals surface area contributed by atoms with E-state index in [0.717, 1.165) is 66.8 Å². The molecule has 0 spiro atoms. The molecule has 0 bridgehead atoms. The Labute approximate surface area is 185 Å². The highest BCUT2D eigenvalue weighted by atomic mass is 35.5. The highest BCUT2D eigenvalue weighted by Gasteiger charge is 2.14. The van der Waals surface area contributed by atoms with Gasteiger partial charge in [-0.15, -0.1) is 0 Å². The maximum atomic E-state index is 12.5. The highest BCUT2D eigenvalue weighted by Crippen LogP contribution is 2.27. The van der Waals surface area contributed by atoms with Gasteiger partial charge in [0.1, 0.15) is 0 Å². The second-order valence-corrected chi connectivity index (χ2v) is 8.54. The van der Waals surface area contributed by atoms with E-state index in [2.05, 4.69) is 26.7 Å². The van der Waals surface area contributed by atoms with Crippen molar-refractivity contribution >= 4 is 51.7 Å². The van der Waals surface area contributed by atoms with Crippen molar-refractivity contribution in [3.05, 3.63) is 47.5 Å². The van der Waals surface area contributed by atoms with Crippen LogP contribution in [-0.4, -0.2) is 47.5 Å². The molecule has 3 aromatic rings. The van der Waals surface area contributed by atoms with Gasteiger partial charge in [-0.1, -0.05) is 30.3 Å². The van der Waals surface area contributed by atoms with Gasteiger partial charge in [0.2, 0.25) is 5.91 Å². The zero-order valence-electron chi connectivity index (χ0n) is 16.9. The fourth-order valence-electron chi connectivity index (χ4n) is 3.54. The van der Waals surface area contributed by atoms with E-state index in [4.69, 9.17) is 16.3 Å². The van der Waals surface area contributed by atoms with Gasteiger partial charge in [-0.25, -0.2) is 4.98 Å². The Morgan fingerprint density at radius 1 is 1.20 bits per heavy atom. The van der Waals surface area contributed by atoms with Crippen molar-refractivity contribution in [3.63, 3.8) is 0 Å².